The Morgan fingerprint density at radius 2 is 1.69 bits per heavy atom. The van der Waals surface area contributed by atoms with Crippen molar-refractivity contribution in [3.8, 4) is 5.69 Å². The number of amides is 1. The minimum atomic E-state index is -0.367. The van der Waals surface area contributed by atoms with E-state index in [1.165, 1.54) is 4.68 Å². The molecule has 0 spiro atoms. The van der Waals surface area contributed by atoms with Gasteiger partial charge in [0, 0.05) is 49.1 Å². The summed E-state index contributed by atoms with van der Waals surface area (Å²) in [4.78, 5) is 35.7. The lowest BCUT2D eigenvalue weighted by molar-refractivity contribution is -0.135. The van der Waals surface area contributed by atoms with Crippen LogP contribution in [0.3, 0.4) is 0 Å². The van der Waals surface area contributed by atoms with Gasteiger partial charge < -0.3 is 14.4 Å². The van der Waals surface area contributed by atoms with Crippen molar-refractivity contribution >= 4 is 22.5 Å². The summed E-state index contributed by atoms with van der Waals surface area (Å²) in [6.45, 7) is 8.71. The van der Waals surface area contributed by atoms with E-state index in [-0.39, 0.29) is 17.5 Å². The Kier molecular flexibility index (Phi) is 6.11. The Bertz CT molecular complexity index is 1400. The van der Waals surface area contributed by atoms with Crippen LogP contribution in [0.15, 0.2) is 65.7 Å². The molecule has 1 atom stereocenters. The van der Waals surface area contributed by atoms with Crippen molar-refractivity contribution in [3.63, 3.8) is 0 Å². The number of hydrogen-bond acceptors (Lipinski definition) is 5. The van der Waals surface area contributed by atoms with E-state index in [0.717, 1.165) is 41.4 Å². The lowest BCUT2D eigenvalue weighted by atomic mass is 10.1. The third kappa shape index (κ3) is 3.99. The highest BCUT2D eigenvalue weighted by atomic mass is 16.2. The first-order valence-corrected chi connectivity index (χ1v) is 12.1. The molecule has 0 aliphatic carbocycles. The van der Waals surface area contributed by atoms with Crippen LogP contribution in [0.25, 0.3) is 16.5 Å². The molecule has 0 bridgehead atoms. The van der Waals surface area contributed by atoms with Crippen LogP contribution in [0, 0.1) is 13.8 Å². The number of carbonyl (C=O) groups excluding carboxylic acids is 1. The number of hydrogen-bond donors (Lipinski definition) is 0. The van der Waals surface area contributed by atoms with Gasteiger partial charge >= 0.3 is 0 Å². The molecular formula is C27H30N6O2. The molecule has 8 heteroatoms. The highest BCUT2D eigenvalue weighted by Gasteiger charge is 2.31. The molecule has 1 aliphatic rings. The van der Waals surface area contributed by atoms with Gasteiger partial charge in [-0.1, -0.05) is 31.2 Å². The van der Waals surface area contributed by atoms with Gasteiger partial charge in [-0.15, -0.1) is 0 Å². The second kappa shape index (κ2) is 9.37. The molecule has 35 heavy (non-hydrogen) atoms. The van der Waals surface area contributed by atoms with Gasteiger partial charge in [-0.05, 0) is 44.5 Å². The van der Waals surface area contributed by atoms with Crippen LogP contribution < -0.4 is 10.5 Å². The van der Waals surface area contributed by atoms with Crippen molar-refractivity contribution in [1.82, 2.24) is 24.2 Å². The van der Waals surface area contributed by atoms with E-state index >= 15 is 0 Å². The van der Waals surface area contributed by atoms with E-state index in [9.17, 15) is 9.59 Å². The SMILES string of the molecule is CCC(C(=O)N1CCN(c2ccccn2)CC1)n1c(C)c2cnn(-c3ccccc3)c(=O)c2c1C. The van der Waals surface area contributed by atoms with E-state index in [1.807, 2.05) is 78.8 Å². The first-order valence-electron chi connectivity index (χ1n) is 12.1. The van der Waals surface area contributed by atoms with Gasteiger partial charge in [-0.3, -0.25) is 9.59 Å². The number of carbonyl (C=O) groups is 1. The Hall–Kier alpha value is -3.94. The topological polar surface area (TPSA) is 76.3 Å². The number of benzene rings is 1. The minimum Gasteiger partial charge on any atom is -0.353 e. The molecule has 4 aromatic rings. The van der Waals surface area contributed by atoms with Crippen LogP contribution >= 0.6 is 0 Å². The van der Waals surface area contributed by atoms with Crippen molar-refractivity contribution in [1.29, 1.82) is 0 Å². The summed E-state index contributed by atoms with van der Waals surface area (Å²) in [5, 5.41) is 5.85. The molecule has 0 N–H and O–H groups in total. The van der Waals surface area contributed by atoms with E-state index in [0.29, 0.717) is 24.9 Å². The zero-order valence-corrected chi connectivity index (χ0v) is 20.4. The largest absolute Gasteiger partial charge is 0.353 e. The molecule has 180 valence electrons. The van der Waals surface area contributed by atoms with Crippen LogP contribution in [0.4, 0.5) is 5.82 Å². The number of nitrogens with zero attached hydrogens (tertiary/aromatic N) is 6. The third-order valence-electron chi connectivity index (χ3n) is 7.00. The lowest BCUT2D eigenvalue weighted by Gasteiger charge is -2.37. The first-order chi connectivity index (χ1) is 17.0. The van der Waals surface area contributed by atoms with Gasteiger partial charge in [-0.25, -0.2) is 4.98 Å². The number of aryl methyl sites for hydroxylation is 2. The summed E-state index contributed by atoms with van der Waals surface area (Å²) < 4.78 is 3.47. The highest BCUT2D eigenvalue weighted by Crippen LogP contribution is 2.29. The predicted molar refractivity (Wildman–Crippen MR) is 137 cm³/mol. The monoisotopic (exact) mass is 470 g/mol. The van der Waals surface area contributed by atoms with Gasteiger partial charge in [0.15, 0.2) is 0 Å². The summed E-state index contributed by atoms with van der Waals surface area (Å²) in [5.41, 5.74) is 2.26. The second-order valence-corrected chi connectivity index (χ2v) is 8.95. The molecule has 1 aromatic carbocycles. The number of anilines is 1. The molecule has 1 amide bonds. The molecule has 1 saturated heterocycles. The summed E-state index contributed by atoms with van der Waals surface area (Å²) in [6, 6.07) is 14.9. The fraction of sp³-hybridized carbons (Fsp3) is 0.333. The van der Waals surface area contributed by atoms with Crippen LogP contribution in [-0.2, 0) is 4.79 Å². The average molecular weight is 471 g/mol. The van der Waals surface area contributed by atoms with Crippen molar-refractivity contribution in [2.75, 3.05) is 31.1 Å². The maximum Gasteiger partial charge on any atom is 0.281 e. The van der Waals surface area contributed by atoms with Crippen LogP contribution in [0.1, 0.15) is 30.8 Å². The Balaban J connectivity index is 1.45. The smallest absolute Gasteiger partial charge is 0.281 e. The average Bonchev–Trinajstić information content (AvgIpc) is 3.16. The Labute approximate surface area is 204 Å². The molecule has 0 radical (unpaired) electrons. The minimum absolute atomic E-state index is 0.0935. The van der Waals surface area contributed by atoms with Crippen molar-refractivity contribution < 1.29 is 4.79 Å². The van der Waals surface area contributed by atoms with Crippen LogP contribution in [0.5, 0.6) is 0 Å². The number of rotatable bonds is 5. The molecule has 1 fully saturated rings. The summed E-state index contributed by atoms with van der Waals surface area (Å²) in [5.74, 6) is 1.04. The van der Waals surface area contributed by atoms with Gasteiger partial charge in [0.2, 0.25) is 5.91 Å². The van der Waals surface area contributed by atoms with E-state index < -0.39 is 0 Å². The number of para-hydroxylation sites is 1. The normalized spacial score (nSPS) is 14.9. The Morgan fingerprint density at radius 1 is 0.971 bits per heavy atom. The Morgan fingerprint density at radius 3 is 2.34 bits per heavy atom. The number of fused-ring (bicyclic) bond motifs is 1. The zero-order chi connectivity index (χ0) is 24.5. The van der Waals surface area contributed by atoms with Crippen molar-refractivity contribution in [3.05, 3.63) is 82.7 Å². The number of aromatic nitrogens is 4. The fourth-order valence-corrected chi connectivity index (χ4v) is 5.18. The lowest BCUT2D eigenvalue weighted by Crippen LogP contribution is -2.51. The van der Waals surface area contributed by atoms with E-state index in [4.69, 9.17) is 0 Å². The van der Waals surface area contributed by atoms with Crippen LogP contribution in [0.2, 0.25) is 0 Å². The summed E-state index contributed by atoms with van der Waals surface area (Å²) in [7, 11) is 0. The predicted octanol–water partition coefficient (Wildman–Crippen LogP) is 3.50. The number of pyridine rings is 1. The maximum absolute atomic E-state index is 13.7. The van der Waals surface area contributed by atoms with Crippen molar-refractivity contribution in [2.45, 2.75) is 33.2 Å². The molecule has 3 aromatic heterocycles. The standard InChI is InChI=1S/C27H30N6O2/c1-4-23(26(34)31-16-14-30(15-17-31)24-12-8-9-13-28-24)32-19(2)22-18-29-33(21-10-6-5-7-11-21)27(35)25(22)20(32)3/h5-13,18,23H,4,14-17H2,1-3H3. The first kappa shape index (κ1) is 22.8. The van der Waals surface area contributed by atoms with Crippen molar-refractivity contribution in [2.24, 2.45) is 0 Å². The van der Waals surface area contributed by atoms with E-state index in [2.05, 4.69) is 15.0 Å². The zero-order valence-electron chi connectivity index (χ0n) is 20.4. The van der Waals surface area contributed by atoms with Gasteiger partial charge in [-0.2, -0.15) is 9.78 Å². The molecule has 8 nitrogen and oxygen atoms in total. The van der Waals surface area contributed by atoms with E-state index in [1.54, 1.807) is 12.4 Å². The molecule has 5 rings (SSSR count). The summed E-state index contributed by atoms with van der Waals surface area (Å²) >= 11 is 0. The molecule has 1 unspecified atom stereocenters. The maximum atomic E-state index is 13.7. The third-order valence-corrected chi connectivity index (χ3v) is 7.00. The van der Waals surface area contributed by atoms with Gasteiger partial charge in [0.1, 0.15) is 11.9 Å². The van der Waals surface area contributed by atoms with Gasteiger partial charge in [0.25, 0.3) is 5.56 Å². The highest BCUT2D eigenvalue weighted by molar-refractivity contribution is 5.89. The fourth-order valence-electron chi connectivity index (χ4n) is 5.18. The molecule has 4 heterocycles. The van der Waals surface area contributed by atoms with Gasteiger partial charge in [0.05, 0.1) is 17.3 Å². The second-order valence-electron chi connectivity index (χ2n) is 8.95. The number of piperazine rings is 1. The molecular weight excluding hydrogens is 440 g/mol. The molecule has 0 saturated carbocycles. The quantitative estimate of drug-likeness (QED) is 0.446. The van der Waals surface area contributed by atoms with Crippen LogP contribution in [-0.4, -0.2) is 56.3 Å². The molecule has 1 aliphatic heterocycles. The summed E-state index contributed by atoms with van der Waals surface area (Å²) in [6.07, 6.45) is 4.18.